The van der Waals surface area contributed by atoms with Gasteiger partial charge in [-0.05, 0) is 35.9 Å². The summed E-state index contributed by atoms with van der Waals surface area (Å²) in [5.74, 6) is 0. The maximum absolute atomic E-state index is 12.2. The van der Waals surface area contributed by atoms with Crippen LogP contribution in [0.1, 0.15) is 5.56 Å². The molecule has 0 spiro atoms. The molecule has 6 heteroatoms. The number of pyridine rings is 1. The van der Waals surface area contributed by atoms with E-state index in [-0.39, 0.29) is 0 Å². The Morgan fingerprint density at radius 1 is 1.25 bits per heavy atom. The van der Waals surface area contributed by atoms with Crippen molar-refractivity contribution in [2.24, 2.45) is 0 Å². The topological polar surface area (TPSA) is 50.3 Å². The maximum atomic E-state index is 12.2. The Morgan fingerprint density at radius 2 is 2.05 bits per heavy atom. The molecule has 0 saturated carbocycles. The van der Waals surface area contributed by atoms with Crippen LogP contribution in [0.25, 0.3) is 6.08 Å². The van der Waals surface area contributed by atoms with Gasteiger partial charge in [-0.15, -0.1) is 0 Å². The molecule has 0 N–H and O–H groups in total. The molecule has 20 heavy (non-hydrogen) atoms. The van der Waals surface area contributed by atoms with E-state index in [4.69, 9.17) is 11.6 Å². The van der Waals surface area contributed by atoms with Crippen LogP contribution in [0.15, 0.2) is 54.2 Å². The first-order chi connectivity index (χ1) is 9.49. The van der Waals surface area contributed by atoms with Crippen molar-refractivity contribution < 1.29 is 8.42 Å². The molecule has 0 aliphatic heterocycles. The zero-order valence-corrected chi connectivity index (χ0v) is 12.3. The number of hydrogen-bond donors (Lipinski definition) is 0. The number of nitrogens with zero attached hydrogens (tertiary/aromatic N) is 2. The first-order valence-corrected chi connectivity index (χ1v) is 7.70. The van der Waals surface area contributed by atoms with Gasteiger partial charge in [-0.25, -0.2) is 8.42 Å². The van der Waals surface area contributed by atoms with Gasteiger partial charge < -0.3 is 0 Å². The van der Waals surface area contributed by atoms with Gasteiger partial charge in [0, 0.05) is 18.3 Å². The second kappa shape index (κ2) is 6.07. The van der Waals surface area contributed by atoms with Gasteiger partial charge in [0.1, 0.15) is 0 Å². The van der Waals surface area contributed by atoms with Gasteiger partial charge in [-0.3, -0.25) is 9.29 Å². The zero-order chi connectivity index (χ0) is 14.6. The molecule has 0 amide bonds. The van der Waals surface area contributed by atoms with E-state index in [9.17, 15) is 8.42 Å². The van der Waals surface area contributed by atoms with Gasteiger partial charge in [-0.1, -0.05) is 23.7 Å². The monoisotopic (exact) mass is 308 g/mol. The Labute approximate surface area is 123 Å². The molecule has 0 unspecified atom stereocenters. The number of anilines is 1. The van der Waals surface area contributed by atoms with Gasteiger partial charge in [0.15, 0.2) is 0 Å². The van der Waals surface area contributed by atoms with Crippen molar-refractivity contribution in [2.45, 2.75) is 0 Å². The van der Waals surface area contributed by atoms with Crippen molar-refractivity contribution in [2.75, 3.05) is 11.4 Å². The SMILES string of the molecule is CN(c1cccnc1)S(=O)(=O)/C=C/c1cccc(Cl)c1. The van der Waals surface area contributed by atoms with E-state index in [0.29, 0.717) is 10.7 Å². The summed E-state index contributed by atoms with van der Waals surface area (Å²) in [5, 5.41) is 1.70. The highest BCUT2D eigenvalue weighted by atomic mass is 35.5. The summed E-state index contributed by atoms with van der Waals surface area (Å²) < 4.78 is 25.5. The molecule has 0 aliphatic rings. The summed E-state index contributed by atoms with van der Waals surface area (Å²) in [5.41, 5.74) is 1.23. The largest absolute Gasteiger partial charge is 0.268 e. The average Bonchev–Trinajstić information content (AvgIpc) is 2.45. The molecular formula is C14H13ClN2O2S. The average molecular weight is 309 g/mol. The standard InChI is InChI=1S/C14H13ClN2O2S/c1-17(14-6-3-8-16-11-14)20(18,19)9-7-12-4-2-5-13(15)10-12/h2-11H,1H3/b9-7+. The number of hydrogen-bond acceptors (Lipinski definition) is 3. The Morgan fingerprint density at radius 3 is 2.70 bits per heavy atom. The van der Waals surface area contributed by atoms with Crippen LogP contribution in [0, 0.1) is 0 Å². The minimum Gasteiger partial charge on any atom is -0.268 e. The van der Waals surface area contributed by atoms with Crippen molar-refractivity contribution in [1.82, 2.24) is 4.98 Å². The number of aromatic nitrogens is 1. The summed E-state index contributed by atoms with van der Waals surface area (Å²) in [6.45, 7) is 0. The van der Waals surface area contributed by atoms with E-state index in [1.807, 2.05) is 0 Å². The molecule has 1 aromatic heterocycles. The summed E-state index contributed by atoms with van der Waals surface area (Å²) in [6, 6.07) is 10.3. The molecular weight excluding hydrogens is 296 g/mol. The summed E-state index contributed by atoms with van der Waals surface area (Å²) >= 11 is 5.85. The van der Waals surface area contributed by atoms with Crippen LogP contribution in [-0.2, 0) is 10.0 Å². The highest BCUT2D eigenvalue weighted by Gasteiger charge is 2.14. The lowest BCUT2D eigenvalue weighted by Crippen LogP contribution is -2.24. The Bertz CT molecular complexity index is 715. The second-order valence-electron chi connectivity index (χ2n) is 4.08. The van der Waals surface area contributed by atoms with Gasteiger partial charge in [0.2, 0.25) is 0 Å². The molecule has 1 aromatic carbocycles. The quantitative estimate of drug-likeness (QED) is 0.871. The molecule has 0 bridgehead atoms. The van der Waals surface area contributed by atoms with E-state index >= 15 is 0 Å². The number of rotatable bonds is 4. The maximum Gasteiger partial charge on any atom is 0.257 e. The minimum absolute atomic E-state index is 0.503. The Hall–Kier alpha value is -1.85. The fourth-order valence-corrected chi connectivity index (χ4v) is 2.67. The molecule has 0 fully saturated rings. The zero-order valence-electron chi connectivity index (χ0n) is 10.8. The van der Waals surface area contributed by atoms with Gasteiger partial charge in [-0.2, -0.15) is 0 Å². The minimum atomic E-state index is -3.55. The van der Waals surface area contributed by atoms with Crippen molar-refractivity contribution in [3.63, 3.8) is 0 Å². The number of sulfonamides is 1. The van der Waals surface area contributed by atoms with Crippen LogP contribution in [0.3, 0.4) is 0 Å². The van der Waals surface area contributed by atoms with E-state index in [2.05, 4.69) is 4.98 Å². The summed E-state index contributed by atoms with van der Waals surface area (Å²) in [7, 11) is -2.07. The molecule has 2 rings (SSSR count). The molecule has 0 aliphatic carbocycles. The highest BCUT2D eigenvalue weighted by Crippen LogP contribution is 2.17. The fraction of sp³-hybridized carbons (Fsp3) is 0.0714. The normalized spacial score (nSPS) is 11.7. The molecule has 0 radical (unpaired) electrons. The van der Waals surface area contributed by atoms with Gasteiger partial charge in [0.25, 0.3) is 10.0 Å². The van der Waals surface area contributed by atoms with E-state index in [1.165, 1.54) is 23.6 Å². The lowest BCUT2D eigenvalue weighted by Gasteiger charge is -2.16. The number of benzene rings is 1. The van der Waals surface area contributed by atoms with E-state index in [1.54, 1.807) is 42.6 Å². The van der Waals surface area contributed by atoms with Crippen LogP contribution in [0.5, 0.6) is 0 Å². The third-order valence-electron chi connectivity index (χ3n) is 2.67. The van der Waals surface area contributed by atoms with Crippen LogP contribution in [0.2, 0.25) is 5.02 Å². The summed E-state index contributed by atoms with van der Waals surface area (Å²) in [4.78, 5) is 3.90. The summed E-state index contributed by atoms with van der Waals surface area (Å²) in [6.07, 6.45) is 4.59. The van der Waals surface area contributed by atoms with Crippen molar-refractivity contribution in [3.05, 3.63) is 64.8 Å². The van der Waals surface area contributed by atoms with Crippen LogP contribution in [-0.4, -0.2) is 20.4 Å². The lowest BCUT2D eigenvalue weighted by molar-refractivity contribution is 0.603. The second-order valence-corrected chi connectivity index (χ2v) is 6.37. The molecule has 0 saturated heterocycles. The molecule has 2 aromatic rings. The third kappa shape index (κ3) is 3.59. The van der Waals surface area contributed by atoms with E-state index < -0.39 is 10.0 Å². The molecule has 0 atom stereocenters. The van der Waals surface area contributed by atoms with Crippen LogP contribution < -0.4 is 4.31 Å². The number of halogens is 1. The third-order valence-corrected chi connectivity index (χ3v) is 4.36. The molecule has 104 valence electrons. The Balaban J connectivity index is 2.23. The highest BCUT2D eigenvalue weighted by molar-refractivity contribution is 7.95. The molecule has 4 nitrogen and oxygen atoms in total. The first kappa shape index (κ1) is 14.6. The van der Waals surface area contributed by atoms with Gasteiger partial charge >= 0.3 is 0 Å². The smallest absolute Gasteiger partial charge is 0.257 e. The van der Waals surface area contributed by atoms with Crippen LogP contribution in [0.4, 0.5) is 5.69 Å². The Kier molecular flexibility index (Phi) is 4.42. The van der Waals surface area contributed by atoms with Crippen molar-refractivity contribution >= 4 is 33.4 Å². The lowest BCUT2D eigenvalue weighted by atomic mass is 10.2. The fourth-order valence-electron chi connectivity index (χ4n) is 1.55. The predicted octanol–water partition coefficient (Wildman–Crippen LogP) is 3.17. The van der Waals surface area contributed by atoms with Crippen molar-refractivity contribution in [3.8, 4) is 0 Å². The predicted molar refractivity (Wildman–Crippen MR) is 82.0 cm³/mol. The van der Waals surface area contributed by atoms with Gasteiger partial charge in [0.05, 0.1) is 17.3 Å². The van der Waals surface area contributed by atoms with Crippen molar-refractivity contribution in [1.29, 1.82) is 0 Å². The molecule has 1 heterocycles. The van der Waals surface area contributed by atoms with E-state index in [0.717, 1.165) is 11.0 Å². The first-order valence-electron chi connectivity index (χ1n) is 5.82. The van der Waals surface area contributed by atoms with Crippen LogP contribution >= 0.6 is 11.6 Å².